The number of nitrogens with one attached hydrogen (secondary N) is 1. The number of hydrogen-bond acceptors (Lipinski definition) is 7. The van der Waals surface area contributed by atoms with E-state index in [9.17, 15) is 22.4 Å². The average molecular weight is 484 g/mol. The van der Waals surface area contributed by atoms with Crippen LogP contribution in [0.1, 0.15) is 52.9 Å². The van der Waals surface area contributed by atoms with Gasteiger partial charge in [0, 0.05) is 31.9 Å². The molecule has 1 aromatic rings. The number of halogens is 1. The van der Waals surface area contributed by atoms with Gasteiger partial charge in [-0.05, 0) is 71.1 Å². The molecule has 33 heavy (non-hydrogen) atoms. The van der Waals surface area contributed by atoms with E-state index < -0.39 is 27.1 Å². The highest BCUT2D eigenvalue weighted by atomic mass is 32.2. The summed E-state index contributed by atoms with van der Waals surface area (Å²) in [7, 11) is -3.51. The van der Waals surface area contributed by atoms with Crippen molar-refractivity contribution >= 4 is 27.4 Å². The Morgan fingerprint density at radius 1 is 1.12 bits per heavy atom. The van der Waals surface area contributed by atoms with Gasteiger partial charge in [0.05, 0.1) is 16.0 Å². The lowest BCUT2D eigenvalue weighted by atomic mass is 9.97. The maximum absolute atomic E-state index is 14.5. The van der Waals surface area contributed by atoms with Crippen molar-refractivity contribution in [3.05, 3.63) is 24.0 Å². The Kier molecular flexibility index (Phi) is 7.68. The maximum Gasteiger partial charge on any atom is 0.330 e. The number of rotatable bonds is 5. The molecule has 8 nitrogen and oxygen atoms in total. The molecule has 10 heteroatoms. The molecule has 0 spiro atoms. The molecule has 0 radical (unpaired) electrons. The maximum atomic E-state index is 14.5. The fraction of sp³-hybridized carbons (Fsp3) is 0.652. The van der Waals surface area contributed by atoms with Gasteiger partial charge in [0.25, 0.3) is 0 Å². The van der Waals surface area contributed by atoms with Crippen LogP contribution in [0.15, 0.2) is 23.1 Å². The van der Waals surface area contributed by atoms with Crippen molar-refractivity contribution in [3.8, 4) is 0 Å². The molecule has 2 saturated heterocycles. The zero-order valence-corrected chi connectivity index (χ0v) is 20.6. The Morgan fingerprint density at radius 3 is 2.36 bits per heavy atom. The molecule has 0 aromatic heterocycles. The average Bonchev–Trinajstić information content (AvgIpc) is 2.90. The van der Waals surface area contributed by atoms with Crippen LogP contribution in [0.2, 0.25) is 0 Å². The van der Waals surface area contributed by atoms with E-state index in [1.54, 1.807) is 5.06 Å². The summed E-state index contributed by atoms with van der Waals surface area (Å²) in [6, 6.07) is 3.14. The van der Waals surface area contributed by atoms with Crippen molar-refractivity contribution in [2.24, 2.45) is 5.41 Å². The molecule has 0 bridgehead atoms. The third-order valence-corrected chi connectivity index (χ3v) is 7.22. The van der Waals surface area contributed by atoms with Crippen molar-refractivity contribution in [1.82, 2.24) is 9.96 Å². The quantitative estimate of drug-likeness (QED) is 0.688. The van der Waals surface area contributed by atoms with Crippen LogP contribution < -0.4 is 5.32 Å². The third kappa shape index (κ3) is 6.44. The summed E-state index contributed by atoms with van der Waals surface area (Å²) >= 11 is 0. The molecular weight excluding hydrogens is 449 g/mol. The predicted octanol–water partition coefficient (Wildman–Crippen LogP) is 2.99. The lowest BCUT2D eigenvalue weighted by Crippen LogP contribution is -2.51. The SMILES string of the molecule is CC(C)(C)C(=O)ON1CCC(N2CCCC[C@H](Nc3ccc(S(C)(=O)=O)cc3F)C2=O)CC1. The molecular formula is C23H34FN3O5S. The van der Waals surface area contributed by atoms with Gasteiger partial charge in [0.2, 0.25) is 5.91 Å². The number of benzene rings is 1. The van der Waals surface area contributed by atoms with E-state index in [0.29, 0.717) is 38.9 Å². The first-order valence-corrected chi connectivity index (χ1v) is 13.3. The van der Waals surface area contributed by atoms with Crippen LogP contribution >= 0.6 is 0 Å². The lowest BCUT2D eigenvalue weighted by molar-refractivity contribution is -0.206. The Hall–Kier alpha value is -2.20. The van der Waals surface area contributed by atoms with Crippen molar-refractivity contribution in [3.63, 3.8) is 0 Å². The minimum absolute atomic E-state index is 0.0296. The monoisotopic (exact) mass is 483 g/mol. The van der Waals surface area contributed by atoms with Crippen LogP contribution in [0.3, 0.4) is 0 Å². The smallest absolute Gasteiger partial charge is 0.330 e. The number of likely N-dealkylation sites (tertiary alicyclic amines) is 1. The summed E-state index contributed by atoms with van der Waals surface area (Å²) < 4.78 is 37.9. The number of carbonyl (C=O) groups is 2. The van der Waals surface area contributed by atoms with Crippen molar-refractivity contribution < 1.29 is 27.2 Å². The van der Waals surface area contributed by atoms with Crippen LogP contribution in [0.4, 0.5) is 10.1 Å². The molecule has 0 saturated carbocycles. The minimum atomic E-state index is -3.51. The number of carbonyl (C=O) groups excluding carboxylic acids is 2. The standard InChI is InChI=1S/C23H34FN3O5S/c1-23(2,3)22(29)32-26-13-10-16(11-14-26)27-12-6-5-7-20(21(27)28)25-19-9-8-17(15-18(19)24)33(4,30)31/h8-9,15-16,20,25H,5-7,10-14H2,1-4H3/t20-/m0/s1. The van der Waals surface area contributed by atoms with Gasteiger partial charge in [0.15, 0.2) is 9.84 Å². The van der Waals surface area contributed by atoms with Gasteiger partial charge in [-0.1, -0.05) is 0 Å². The minimum Gasteiger partial charge on any atom is -0.371 e. The highest BCUT2D eigenvalue weighted by Crippen LogP contribution is 2.26. The Balaban J connectivity index is 1.64. The van der Waals surface area contributed by atoms with Crippen molar-refractivity contribution in [2.75, 3.05) is 31.2 Å². The molecule has 184 valence electrons. The number of hydroxylamine groups is 2. The zero-order valence-electron chi connectivity index (χ0n) is 19.8. The molecule has 2 fully saturated rings. The van der Waals surface area contributed by atoms with Gasteiger partial charge in [-0.3, -0.25) is 4.79 Å². The van der Waals surface area contributed by atoms with Crippen LogP contribution in [0, 0.1) is 11.2 Å². The fourth-order valence-electron chi connectivity index (χ4n) is 4.09. The van der Waals surface area contributed by atoms with Crippen molar-refractivity contribution in [2.45, 2.75) is 69.9 Å². The topological polar surface area (TPSA) is 96.0 Å². The first kappa shape index (κ1) is 25.4. The fourth-order valence-corrected chi connectivity index (χ4v) is 4.72. The normalized spacial score (nSPS) is 21.5. The third-order valence-electron chi connectivity index (χ3n) is 6.11. The molecule has 1 atom stereocenters. The number of piperidine rings is 1. The number of anilines is 1. The molecule has 2 aliphatic rings. The molecule has 0 aliphatic carbocycles. The van der Waals surface area contributed by atoms with E-state index in [2.05, 4.69) is 5.32 Å². The first-order valence-electron chi connectivity index (χ1n) is 11.4. The van der Waals surface area contributed by atoms with Gasteiger partial charge in [-0.25, -0.2) is 17.6 Å². The van der Waals surface area contributed by atoms with Gasteiger partial charge in [-0.2, -0.15) is 0 Å². The molecule has 1 N–H and O–H groups in total. The van der Waals surface area contributed by atoms with Crippen molar-refractivity contribution in [1.29, 1.82) is 0 Å². The Labute approximate surface area is 195 Å². The molecule has 1 amide bonds. The molecule has 0 unspecified atom stereocenters. The zero-order chi connectivity index (χ0) is 24.4. The second-order valence-corrected chi connectivity index (χ2v) is 11.9. The second-order valence-electron chi connectivity index (χ2n) is 9.93. The molecule has 3 rings (SSSR count). The van der Waals surface area contributed by atoms with E-state index >= 15 is 0 Å². The van der Waals surface area contributed by atoms with Gasteiger partial charge in [0.1, 0.15) is 11.9 Å². The van der Waals surface area contributed by atoms with E-state index in [1.165, 1.54) is 12.1 Å². The van der Waals surface area contributed by atoms with Crippen LogP contribution in [0.5, 0.6) is 0 Å². The highest BCUT2D eigenvalue weighted by molar-refractivity contribution is 7.90. The number of amides is 1. The summed E-state index contributed by atoms with van der Waals surface area (Å²) in [5.74, 6) is -1.06. The van der Waals surface area contributed by atoms with Gasteiger partial charge in [-0.15, -0.1) is 5.06 Å². The summed E-state index contributed by atoms with van der Waals surface area (Å²) in [5, 5.41) is 4.66. The number of nitrogens with zero attached hydrogens (tertiary/aromatic N) is 2. The molecule has 2 heterocycles. The second kappa shape index (κ2) is 9.97. The highest BCUT2D eigenvalue weighted by Gasteiger charge is 2.35. The Morgan fingerprint density at radius 2 is 1.79 bits per heavy atom. The molecule has 1 aromatic carbocycles. The van der Waals surface area contributed by atoms with Gasteiger partial charge < -0.3 is 15.1 Å². The summed E-state index contributed by atoms with van der Waals surface area (Å²) in [4.78, 5) is 32.7. The number of sulfone groups is 1. The van der Waals surface area contributed by atoms with Crippen LogP contribution in [-0.2, 0) is 24.3 Å². The van der Waals surface area contributed by atoms with Crippen LogP contribution in [0.25, 0.3) is 0 Å². The van der Waals surface area contributed by atoms with E-state index in [4.69, 9.17) is 4.84 Å². The van der Waals surface area contributed by atoms with Crippen LogP contribution in [-0.4, -0.2) is 68.2 Å². The number of hydrogen-bond donors (Lipinski definition) is 1. The predicted molar refractivity (Wildman–Crippen MR) is 123 cm³/mol. The Bertz CT molecular complexity index is 984. The van der Waals surface area contributed by atoms with E-state index in [-0.39, 0.29) is 28.5 Å². The van der Waals surface area contributed by atoms with E-state index in [0.717, 1.165) is 25.2 Å². The summed E-state index contributed by atoms with van der Waals surface area (Å²) in [5.41, 5.74) is -0.461. The summed E-state index contributed by atoms with van der Waals surface area (Å²) in [6.07, 6.45) is 4.66. The van der Waals surface area contributed by atoms with E-state index in [1.807, 2.05) is 25.7 Å². The van der Waals surface area contributed by atoms with Gasteiger partial charge >= 0.3 is 5.97 Å². The largest absolute Gasteiger partial charge is 0.371 e. The summed E-state index contributed by atoms with van der Waals surface area (Å²) in [6.45, 7) is 7.17. The lowest BCUT2D eigenvalue weighted by Gasteiger charge is -2.38. The molecule has 2 aliphatic heterocycles. The first-order chi connectivity index (χ1) is 15.4.